The first kappa shape index (κ1) is 15.4. The molecule has 0 saturated heterocycles. The molecule has 0 unspecified atom stereocenters. The Labute approximate surface area is 130 Å². The fraction of sp³-hybridized carbons (Fsp3) is 0.235. The zero-order valence-electron chi connectivity index (χ0n) is 12.2. The summed E-state index contributed by atoms with van der Waals surface area (Å²) < 4.78 is 5.48. The highest BCUT2D eigenvalue weighted by Crippen LogP contribution is 2.20. The predicted octanol–water partition coefficient (Wildman–Crippen LogP) is 4.12. The summed E-state index contributed by atoms with van der Waals surface area (Å²) in [4.78, 5) is 12.6. The monoisotopic (exact) mass is 301 g/mol. The number of thiol groups is 1. The number of ether oxygens (including phenoxy) is 1. The minimum atomic E-state index is -0.204. The molecule has 0 aliphatic rings. The van der Waals surface area contributed by atoms with Gasteiger partial charge in [0.15, 0.2) is 6.61 Å². The van der Waals surface area contributed by atoms with Gasteiger partial charge in [-0.25, -0.2) is 0 Å². The number of hydrogen-bond acceptors (Lipinski definition) is 3. The van der Waals surface area contributed by atoms with Crippen LogP contribution in [0.5, 0.6) is 5.75 Å². The highest BCUT2D eigenvalue weighted by atomic mass is 32.1. The highest BCUT2D eigenvalue weighted by molar-refractivity contribution is 7.80. The minimum absolute atomic E-state index is 0.0247. The van der Waals surface area contributed by atoms with E-state index in [1.165, 1.54) is 5.56 Å². The molecule has 0 heterocycles. The quantitative estimate of drug-likeness (QED) is 0.815. The van der Waals surface area contributed by atoms with Gasteiger partial charge in [-0.15, -0.1) is 12.6 Å². The molecule has 0 bridgehead atoms. The summed E-state index contributed by atoms with van der Waals surface area (Å²) in [6.07, 6.45) is 0. The predicted molar refractivity (Wildman–Crippen MR) is 88.3 cm³/mol. The molecule has 0 aromatic heterocycles. The summed E-state index contributed by atoms with van der Waals surface area (Å²) in [6.45, 7) is 4.25. The molecule has 0 saturated carbocycles. The molecule has 2 aromatic carbocycles. The second kappa shape index (κ2) is 7.18. The van der Waals surface area contributed by atoms with Gasteiger partial charge >= 0.3 is 0 Å². The number of benzene rings is 2. The first-order valence-corrected chi connectivity index (χ1v) is 7.31. The molecule has 1 N–H and O–H groups in total. The van der Waals surface area contributed by atoms with Crippen LogP contribution in [0.2, 0.25) is 0 Å². The molecule has 21 heavy (non-hydrogen) atoms. The first-order chi connectivity index (χ1) is 10.1. The van der Waals surface area contributed by atoms with Crippen LogP contribution in [0.3, 0.4) is 0 Å². The van der Waals surface area contributed by atoms with Gasteiger partial charge in [0.2, 0.25) is 0 Å². The Hall–Kier alpha value is -1.94. The third-order valence-corrected chi connectivity index (χ3v) is 3.48. The Morgan fingerprint density at radius 2 is 1.81 bits per heavy atom. The summed E-state index contributed by atoms with van der Waals surface area (Å²) in [5, 5.41) is 2.77. The van der Waals surface area contributed by atoms with Crippen molar-refractivity contribution in [3.63, 3.8) is 0 Å². The van der Waals surface area contributed by atoms with Crippen LogP contribution < -0.4 is 10.1 Å². The number of amides is 1. The second-order valence-corrected chi connectivity index (χ2v) is 5.56. The molecule has 0 aliphatic heterocycles. The van der Waals surface area contributed by atoms with Gasteiger partial charge in [-0.1, -0.05) is 38.1 Å². The molecule has 2 rings (SSSR count). The van der Waals surface area contributed by atoms with E-state index < -0.39 is 0 Å². The van der Waals surface area contributed by atoms with Gasteiger partial charge in [-0.3, -0.25) is 4.79 Å². The van der Waals surface area contributed by atoms with Crippen molar-refractivity contribution in [2.24, 2.45) is 0 Å². The van der Waals surface area contributed by atoms with E-state index in [0.717, 1.165) is 4.90 Å². The molecular weight excluding hydrogens is 282 g/mol. The van der Waals surface area contributed by atoms with E-state index >= 15 is 0 Å². The van der Waals surface area contributed by atoms with E-state index in [9.17, 15) is 4.79 Å². The van der Waals surface area contributed by atoms with Gasteiger partial charge in [-0.2, -0.15) is 0 Å². The number of hydrogen-bond donors (Lipinski definition) is 2. The van der Waals surface area contributed by atoms with Crippen LogP contribution >= 0.6 is 12.6 Å². The minimum Gasteiger partial charge on any atom is -0.484 e. The zero-order valence-corrected chi connectivity index (χ0v) is 13.1. The van der Waals surface area contributed by atoms with Gasteiger partial charge in [-0.05, 0) is 35.7 Å². The van der Waals surface area contributed by atoms with Gasteiger partial charge in [0, 0.05) is 4.90 Å². The average molecular weight is 301 g/mol. The van der Waals surface area contributed by atoms with Gasteiger partial charge < -0.3 is 10.1 Å². The number of carbonyl (C=O) groups excluding carboxylic acids is 1. The molecule has 0 aliphatic carbocycles. The van der Waals surface area contributed by atoms with Crippen molar-refractivity contribution in [2.45, 2.75) is 24.7 Å². The van der Waals surface area contributed by atoms with Gasteiger partial charge in [0.05, 0.1) is 5.69 Å². The van der Waals surface area contributed by atoms with Crippen molar-refractivity contribution in [2.75, 3.05) is 11.9 Å². The maximum absolute atomic E-state index is 11.8. The fourth-order valence-electron chi connectivity index (χ4n) is 1.86. The standard InChI is InChI=1S/C17H19NO2S/c1-12(2)13-7-9-14(10-8-13)20-11-17(19)18-15-5-3-4-6-16(15)21/h3-10,12,21H,11H2,1-2H3,(H,18,19). The lowest BCUT2D eigenvalue weighted by molar-refractivity contribution is -0.118. The summed E-state index contributed by atoms with van der Waals surface area (Å²) in [5.41, 5.74) is 1.93. The first-order valence-electron chi connectivity index (χ1n) is 6.87. The molecule has 3 nitrogen and oxygen atoms in total. The third kappa shape index (κ3) is 4.53. The molecule has 0 spiro atoms. The number of nitrogens with one attached hydrogen (secondary N) is 1. The average Bonchev–Trinajstić information content (AvgIpc) is 2.48. The van der Waals surface area contributed by atoms with Gasteiger partial charge in [0.1, 0.15) is 5.75 Å². The molecule has 2 aromatic rings. The highest BCUT2D eigenvalue weighted by Gasteiger charge is 2.06. The molecule has 1 amide bonds. The van der Waals surface area contributed by atoms with E-state index in [4.69, 9.17) is 4.74 Å². The summed E-state index contributed by atoms with van der Waals surface area (Å²) in [7, 11) is 0. The van der Waals surface area contributed by atoms with Crippen molar-refractivity contribution in [3.05, 3.63) is 54.1 Å². The SMILES string of the molecule is CC(C)c1ccc(OCC(=O)Nc2ccccc2S)cc1. The van der Waals surface area contributed by atoms with Gasteiger partial charge in [0.25, 0.3) is 5.91 Å². The molecule has 110 valence electrons. The topological polar surface area (TPSA) is 38.3 Å². The van der Waals surface area contributed by atoms with Crippen molar-refractivity contribution in [3.8, 4) is 5.75 Å². The normalized spacial score (nSPS) is 10.5. The van der Waals surface area contributed by atoms with E-state index in [2.05, 4.69) is 31.8 Å². The lowest BCUT2D eigenvalue weighted by Gasteiger charge is -2.10. The lowest BCUT2D eigenvalue weighted by atomic mass is 10.0. The van der Waals surface area contributed by atoms with Crippen molar-refractivity contribution in [1.82, 2.24) is 0 Å². The van der Waals surface area contributed by atoms with Crippen LogP contribution in [-0.4, -0.2) is 12.5 Å². The van der Waals surface area contributed by atoms with E-state index in [1.54, 1.807) is 6.07 Å². The second-order valence-electron chi connectivity index (χ2n) is 5.08. The molecule has 0 atom stereocenters. The van der Waals surface area contributed by atoms with Crippen LogP contribution in [0.15, 0.2) is 53.4 Å². The van der Waals surface area contributed by atoms with Crippen molar-refractivity contribution >= 4 is 24.2 Å². The Balaban J connectivity index is 1.88. The number of carbonyl (C=O) groups is 1. The molecule has 0 radical (unpaired) electrons. The maximum atomic E-state index is 11.8. The van der Waals surface area contributed by atoms with Crippen molar-refractivity contribution < 1.29 is 9.53 Å². The summed E-state index contributed by atoms with van der Waals surface area (Å²) in [5.74, 6) is 0.965. The Morgan fingerprint density at radius 1 is 1.14 bits per heavy atom. The van der Waals surface area contributed by atoms with Crippen LogP contribution in [-0.2, 0) is 4.79 Å². The zero-order chi connectivity index (χ0) is 15.2. The van der Waals surface area contributed by atoms with Crippen LogP contribution in [0.25, 0.3) is 0 Å². The van der Waals surface area contributed by atoms with Crippen LogP contribution in [0.4, 0.5) is 5.69 Å². The maximum Gasteiger partial charge on any atom is 0.262 e. The van der Waals surface area contributed by atoms with Crippen LogP contribution in [0.1, 0.15) is 25.3 Å². The van der Waals surface area contributed by atoms with E-state index in [0.29, 0.717) is 17.4 Å². The van der Waals surface area contributed by atoms with E-state index in [1.807, 2.05) is 42.5 Å². The summed E-state index contributed by atoms with van der Waals surface area (Å²) >= 11 is 4.29. The Bertz CT molecular complexity index is 608. The Kier molecular flexibility index (Phi) is 5.28. The molecule has 4 heteroatoms. The number of anilines is 1. The number of rotatable bonds is 5. The lowest BCUT2D eigenvalue weighted by Crippen LogP contribution is -2.20. The Morgan fingerprint density at radius 3 is 2.43 bits per heavy atom. The van der Waals surface area contributed by atoms with Crippen molar-refractivity contribution in [1.29, 1.82) is 0 Å². The smallest absolute Gasteiger partial charge is 0.262 e. The van der Waals surface area contributed by atoms with E-state index in [-0.39, 0.29) is 12.5 Å². The third-order valence-electron chi connectivity index (χ3n) is 3.09. The molecule has 0 fully saturated rings. The largest absolute Gasteiger partial charge is 0.484 e. The fourth-order valence-corrected chi connectivity index (χ4v) is 2.08. The van der Waals surface area contributed by atoms with Crippen LogP contribution in [0, 0.1) is 0 Å². The number of para-hydroxylation sites is 1. The molecular formula is C17H19NO2S. The summed E-state index contributed by atoms with van der Waals surface area (Å²) in [6, 6.07) is 15.1.